The molecule has 0 unspecified atom stereocenters. The summed E-state index contributed by atoms with van der Waals surface area (Å²) in [5.74, 6) is 0.252. The lowest BCUT2D eigenvalue weighted by Crippen LogP contribution is -2.26. The molecule has 0 aliphatic heterocycles. The third kappa shape index (κ3) is 7.25. The molecule has 0 radical (unpaired) electrons. The van der Waals surface area contributed by atoms with Crippen molar-refractivity contribution in [3.05, 3.63) is 35.9 Å². The first kappa shape index (κ1) is 19.9. The summed E-state index contributed by atoms with van der Waals surface area (Å²) in [6, 6.07) is 10.0. The van der Waals surface area contributed by atoms with E-state index in [9.17, 15) is 9.59 Å². The van der Waals surface area contributed by atoms with Crippen LogP contribution in [0.4, 0.5) is 4.79 Å². The standard InChI is InChI=1S/C20H27NO5/c1-2-24-20(23)26-13-12-25-19(22)18-10-8-17(9-11-18)15-21-14-16-6-4-3-5-7-16/h3-7,14,17-18H,2,8-13,15H2,1H3/t17-,18-. The van der Waals surface area contributed by atoms with Crippen LogP contribution in [0.25, 0.3) is 0 Å². The van der Waals surface area contributed by atoms with Crippen LogP contribution in [0.5, 0.6) is 0 Å². The Bertz CT molecular complexity index is 579. The number of benzene rings is 1. The second-order valence-corrected chi connectivity index (χ2v) is 6.32. The number of hydrogen-bond acceptors (Lipinski definition) is 6. The van der Waals surface area contributed by atoms with E-state index in [0.29, 0.717) is 5.92 Å². The minimum absolute atomic E-state index is 0.0219. The molecule has 1 aromatic carbocycles. The van der Waals surface area contributed by atoms with Crippen LogP contribution in [0, 0.1) is 11.8 Å². The van der Waals surface area contributed by atoms with Gasteiger partial charge < -0.3 is 14.2 Å². The predicted molar refractivity (Wildman–Crippen MR) is 98.3 cm³/mol. The lowest BCUT2D eigenvalue weighted by atomic mass is 9.82. The minimum atomic E-state index is -0.736. The highest BCUT2D eigenvalue weighted by Crippen LogP contribution is 2.29. The average molecular weight is 361 g/mol. The van der Waals surface area contributed by atoms with Gasteiger partial charge in [-0.1, -0.05) is 30.3 Å². The van der Waals surface area contributed by atoms with Crippen molar-refractivity contribution in [3.63, 3.8) is 0 Å². The smallest absolute Gasteiger partial charge is 0.462 e. The third-order valence-electron chi connectivity index (χ3n) is 4.39. The Morgan fingerprint density at radius 2 is 1.73 bits per heavy atom. The highest BCUT2D eigenvalue weighted by molar-refractivity contribution is 5.79. The van der Waals surface area contributed by atoms with Crippen molar-refractivity contribution in [2.24, 2.45) is 16.8 Å². The van der Waals surface area contributed by atoms with E-state index in [-0.39, 0.29) is 31.7 Å². The maximum absolute atomic E-state index is 12.1. The Balaban J connectivity index is 1.59. The van der Waals surface area contributed by atoms with Crippen LogP contribution in [0.1, 0.15) is 38.2 Å². The Hall–Kier alpha value is -2.37. The van der Waals surface area contributed by atoms with Gasteiger partial charge in [0.2, 0.25) is 0 Å². The highest BCUT2D eigenvalue weighted by Gasteiger charge is 2.27. The van der Waals surface area contributed by atoms with Gasteiger partial charge in [0.05, 0.1) is 12.5 Å². The number of nitrogens with zero attached hydrogens (tertiary/aromatic N) is 1. The maximum Gasteiger partial charge on any atom is 0.508 e. The summed E-state index contributed by atoms with van der Waals surface area (Å²) < 4.78 is 14.6. The summed E-state index contributed by atoms with van der Waals surface area (Å²) in [5, 5.41) is 0. The zero-order chi connectivity index (χ0) is 18.6. The molecule has 1 fully saturated rings. The topological polar surface area (TPSA) is 74.2 Å². The molecule has 0 heterocycles. The van der Waals surface area contributed by atoms with E-state index in [4.69, 9.17) is 9.47 Å². The molecule has 1 aliphatic carbocycles. The lowest BCUT2D eigenvalue weighted by Gasteiger charge is -2.26. The maximum atomic E-state index is 12.1. The molecule has 6 nitrogen and oxygen atoms in total. The fourth-order valence-corrected chi connectivity index (χ4v) is 2.97. The van der Waals surface area contributed by atoms with Crippen LogP contribution >= 0.6 is 0 Å². The predicted octanol–water partition coefficient (Wildman–Crippen LogP) is 3.63. The van der Waals surface area contributed by atoms with Crippen LogP contribution in [0.15, 0.2) is 35.3 Å². The number of carbonyl (C=O) groups excluding carboxylic acids is 2. The zero-order valence-corrected chi connectivity index (χ0v) is 15.3. The van der Waals surface area contributed by atoms with Gasteiger partial charge in [-0.15, -0.1) is 0 Å². The minimum Gasteiger partial charge on any atom is -0.462 e. The molecule has 0 saturated heterocycles. The van der Waals surface area contributed by atoms with Gasteiger partial charge in [-0.05, 0) is 44.1 Å². The molecule has 0 spiro atoms. The van der Waals surface area contributed by atoms with Crippen molar-refractivity contribution in [3.8, 4) is 0 Å². The van der Waals surface area contributed by atoms with Crippen LogP contribution in [-0.2, 0) is 19.0 Å². The van der Waals surface area contributed by atoms with Crippen molar-refractivity contribution in [2.45, 2.75) is 32.6 Å². The van der Waals surface area contributed by atoms with Crippen molar-refractivity contribution < 1.29 is 23.8 Å². The van der Waals surface area contributed by atoms with E-state index in [2.05, 4.69) is 9.73 Å². The molecular weight excluding hydrogens is 334 g/mol. The molecule has 142 valence electrons. The molecule has 0 aromatic heterocycles. The van der Waals surface area contributed by atoms with Crippen LogP contribution < -0.4 is 0 Å². The zero-order valence-electron chi connectivity index (χ0n) is 15.3. The Morgan fingerprint density at radius 3 is 2.42 bits per heavy atom. The first-order valence-corrected chi connectivity index (χ1v) is 9.20. The van der Waals surface area contributed by atoms with E-state index in [0.717, 1.165) is 37.8 Å². The monoisotopic (exact) mass is 361 g/mol. The average Bonchev–Trinajstić information content (AvgIpc) is 2.67. The van der Waals surface area contributed by atoms with Gasteiger partial charge in [0.15, 0.2) is 0 Å². The van der Waals surface area contributed by atoms with Crippen molar-refractivity contribution >= 4 is 18.3 Å². The Morgan fingerprint density at radius 1 is 1.04 bits per heavy atom. The summed E-state index contributed by atoms with van der Waals surface area (Å²) in [6.45, 7) is 2.85. The second-order valence-electron chi connectivity index (χ2n) is 6.32. The summed E-state index contributed by atoms with van der Waals surface area (Å²) in [4.78, 5) is 27.6. The summed E-state index contributed by atoms with van der Waals surface area (Å²) >= 11 is 0. The molecule has 26 heavy (non-hydrogen) atoms. The van der Waals surface area contributed by atoms with E-state index < -0.39 is 6.16 Å². The molecule has 0 bridgehead atoms. The number of esters is 1. The lowest BCUT2D eigenvalue weighted by molar-refractivity contribution is -0.151. The van der Waals surface area contributed by atoms with Crippen molar-refractivity contribution in [1.82, 2.24) is 0 Å². The molecule has 1 saturated carbocycles. The summed E-state index contributed by atoms with van der Waals surface area (Å²) in [7, 11) is 0. The van der Waals surface area contributed by atoms with Crippen LogP contribution in [-0.4, -0.2) is 44.7 Å². The van der Waals surface area contributed by atoms with Crippen molar-refractivity contribution in [1.29, 1.82) is 0 Å². The summed E-state index contributed by atoms with van der Waals surface area (Å²) in [5.41, 5.74) is 1.11. The Labute approximate surface area is 154 Å². The van der Waals surface area contributed by atoms with Gasteiger partial charge in [-0.2, -0.15) is 0 Å². The number of hydrogen-bond donors (Lipinski definition) is 0. The third-order valence-corrected chi connectivity index (χ3v) is 4.39. The molecule has 6 heteroatoms. The van der Waals surface area contributed by atoms with Gasteiger partial charge in [-0.3, -0.25) is 9.79 Å². The normalized spacial score (nSPS) is 19.9. The highest BCUT2D eigenvalue weighted by atomic mass is 16.7. The molecule has 1 aliphatic rings. The number of aliphatic imine (C=N–C) groups is 1. The molecule has 0 atom stereocenters. The fraction of sp³-hybridized carbons (Fsp3) is 0.550. The molecule has 2 rings (SSSR count). The first-order chi connectivity index (χ1) is 12.7. The molecule has 0 amide bonds. The first-order valence-electron chi connectivity index (χ1n) is 9.20. The van der Waals surface area contributed by atoms with Gasteiger partial charge in [-0.25, -0.2) is 4.79 Å². The number of rotatable bonds is 8. The van der Waals surface area contributed by atoms with Crippen molar-refractivity contribution in [2.75, 3.05) is 26.4 Å². The van der Waals surface area contributed by atoms with Crippen LogP contribution in [0.2, 0.25) is 0 Å². The van der Waals surface area contributed by atoms with Gasteiger partial charge >= 0.3 is 12.1 Å². The van der Waals surface area contributed by atoms with E-state index >= 15 is 0 Å². The number of ether oxygens (including phenoxy) is 3. The van der Waals surface area contributed by atoms with E-state index in [1.165, 1.54) is 0 Å². The Kier molecular flexibility index (Phi) is 8.66. The van der Waals surface area contributed by atoms with E-state index in [1.807, 2.05) is 36.5 Å². The van der Waals surface area contributed by atoms with Gasteiger partial charge in [0.25, 0.3) is 0 Å². The van der Waals surface area contributed by atoms with Crippen LogP contribution in [0.3, 0.4) is 0 Å². The fourth-order valence-electron chi connectivity index (χ4n) is 2.97. The van der Waals surface area contributed by atoms with Gasteiger partial charge in [0, 0.05) is 12.8 Å². The van der Waals surface area contributed by atoms with Gasteiger partial charge in [0.1, 0.15) is 13.2 Å². The molecule has 1 aromatic rings. The number of carbonyl (C=O) groups is 2. The quantitative estimate of drug-likeness (QED) is 0.402. The largest absolute Gasteiger partial charge is 0.508 e. The molecular formula is C20H27NO5. The SMILES string of the molecule is CCOC(=O)OCCOC(=O)[C@H]1CC[C@H](CN=Cc2ccccc2)CC1. The van der Waals surface area contributed by atoms with E-state index in [1.54, 1.807) is 6.92 Å². The second kappa shape index (κ2) is 11.3. The molecule has 0 N–H and O–H groups in total. The summed E-state index contributed by atoms with van der Waals surface area (Å²) in [6.07, 6.45) is 4.77.